The smallest absolute Gasteiger partial charge is 0.124 e. The topological polar surface area (TPSA) is 9.23 Å². The fourth-order valence-electron chi connectivity index (χ4n) is 11.0. The molecule has 236 valence electrons. The molecule has 0 radical (unpaired) electrons. The van der Waals surface area contributed by atoms with Gasteiger partial charge in [-0.15, -0.1) is 0 Å². The Labute approximate surface area is 284 Å². The zero-order chi connectivity index (χ0) is 31.3. The first-order valence-electron chi connectivity index (χ1n) is 18.7. The number of rotatable bonds is 2. The van der Waals surface area contributed by atoms with Gasteiger partial charge in [-0.2, -0.15) is 0 Å². The van der Waals surface area contributed by atoms with Gasteiger partial charge in [0.2, 0.25) is 0 Å². The standard InChI is InChI=1S/C47H42O/c1-3-11-31-28(8-1)18-21-38-34-14-6-16-42(40(34)25-23-36(31)38)46-45-33-13-5-10-30(33)20-27-44(45)48-47(46)43-17-7-15-35-39-22-19-29-9-2-4-12-32(29)37(39)24-26-41(35)43/h3-7,11-15,20,23-27,42-43,46-47H,1-2,8-10,16-19,21-22H2/t42-,43+,46?,47?/m1/s1. The normalized spacial score (nSPS) is 26.7. The highest BCUT2D eigenvalue weighted by atomic mass is 16.5. The molecule has 1 heteroatoms. The summed E-state index contributed by atoms with van der Waals surface area (Å²) in [5.41, 5.74) is 22.9. The van der Waals surface area contributed by atoms with Gasteiger partial charge in [-0.1, -0.05) is 102 Å². The minimum atomic E-state index is 0.103. The van der Waals surface area contributed by atoms with Gasteiger partial charge in [0.25, 0.3) is 0 Å². The first kappa shape index (κ1) is 27.6. The molecule has 1 aliphatic heterocycles. The summed E-state index contributed by atoms with van der Waals surface area (Å²) in [5.74, 6) is 2.16. The predicted molar refractivity (Wildman–Crippen MR) is 199 cm³/mol. The van der Waals surface area contributed by atoms with Crippen LogP contribution < -0.4 is 4.74 Å². The van der Waals surface area contributed by atoms with E-state index in [2.05, 4.69) is 97.2 Å². The van der Waals surface area contributed by atoms with Crippen molar-refractivity contribution in [2.24, 2.45) is 0 Å². The van der Waals surface area contributed by atoms with Crippen molar-refractivity contribution in [3.63, 3.8) is 0 Å². The second kappa shape index (κ2) is 10.6. The molecule has 1 nitrogen and oxygen atoms in total. The van der Waals surface area contributed by atoms with E-state index in [0.29, 0.717) is 17.8 Å². The lowest BCUT2D eigenvalue weighted by Crippen LogP contribution is -2.33. The molecule has 8 aliphatic rings. The van der Waals surface area contributed by atoms with Crippen molar-refractivity contribution < 1.29 is 4.74 Å². The third-order valence-electron chi connectivity index (χ3n) is 13.2. The van der Waals surface area contributed by atoms with Crippen molar-refractivity contribution >= 4 is 29.4 Å². The maximum atomic E-state index is 7.29. The van der Waals surface area contributed by atoms with E-state index in [1.807, 2.05) is 0 Å². The largest absolute Gasteiger partial charge is 0.489 e. The summed E-state index contributed by atoms with van der Waals surface area (Å²) >= 11 is 0. The van der Waals surface area contributed by atoms with Crippen LogP contribution in [-0.2, 0) is 19.3 Å². The Kier molecular flexibility index (Phi) is 6.07. The molecule has 48 heavy (non-hydrogen) atoms. The lowest BCUT2D eigenvalue weighted by Gasteiger charge is -2.38. The number of fused-ring (bicyclic) bond motifs is 11. The highest BCUT2D eigenvalue weighted by Crippen LogP contribution is 2.57. The van der Waals surface area contributed by atoms with Crippen LogP contribution in [0, 0.1) is 0 Å². The van der Waals surface area contributed by atoms with Crippen molar-refractivity contribution in [2.75, 3.05) is 0 Å². The molecule has 1 heterocycles. The van der Waals surface area contributed by atoms with Gasteiger partial charge in [0, 0.05) is 17.4 Å². The first-order chi connectivity index (χ1) is 23.8. The average molecular weight is 623 g/mol. The number of hydrogen-bond donors (Lipinski definition) is 0. The summed E-state index contributed by atoms with van der Waals surface area (Å²) in [6.07, 6.45) is 37.1. The quantitative estimate of drug-likeness (QED) is 0.276. The maximum Gasteiger partial charge on any atom is 0.124 e. The molecular formula is C47H42O. The second-order valence-corrected chi connectivity index (χ2v) is 15.4. The molecule has 0 fully saturated rings. The second-order valence-electron chi connectivity index (χ2n) is 15.4. The number of benzene rings is 3. The average Bonchev–Trinajstić information content (AvgIpc) is 3.79. The Hall–Kier alpha value is -4.36. The Morgan fingerprint density at radius 1 is 0.521 bits per heavy atom. The van der Waals surface area contributed by atoms with E-state index in [-0.39, 0.29) is 6.10 Å². The van der Waals surface area contributed by atoms with Crippen LogP contribution in [0.15, 0.2) is 90.1 Å². The molecular weight excluding hydrogens is 581 g/mol. The lowest BCUT2D eigenvalue weighted by atomic mass is 9.66. The first-order valence-corrected chi connectivity index (χ1v) is 18.7. The maximum absolute atomic E-state index is 7.29. The lowest BCUT2D eigenvalue weighted by molar-refractivity contribution is 0.159. The van der Waals surface area contributed by atoms with Crippen LogP contribution in [0.3, 0.4) is 0 Å². The van der Waals surface area contributed by atoms with Crippen molar-refractivity contribution in [2.45, 2.75) is 94.5 Å². The Morgan fingerprint density at radius 2 is 1.15 bits per heavy atom. The highest BCUT2D eigenvalue weighted by Gasteiger charge is 2.47. The molecule has 0 spiro atoms. The van der Waals surface area contributed by atoms with Crippen molar-refractivity contribution in [1.82, 2.24) is 0 Å². The van der Waals surface area contributed by atoms with Crippen LogP contribution >= 0.6 is 0 Å². The van der Waals surface area contributed by atoms with Crippen LogP contribution in [0.2, 0.25) is 0 Å². The zero-order valence-electron chi connectivity index (χ0n) is 27.7. The summed E-state index contributed by atoms with van der Waals surface area (Å²) in [4.78, 5) is 0. The van der Waals surface area contributed by atoms with E-state index in [9.17, 15) is 0 Å². The number of ether oxygens (including phenoxy) is 1. The van der Waals surface area contributed by atoms with E-state index in [1.165, 1.54) is 101 Å². The van der Waals surface area contributed by atoms with Crippen LogP contribution in [0.4, 0.5) is 0 Å². The van der Waals surface area contributed by atoms with Gasteiger partial charge in [-0.25, -0.2) is 0 Å². The Bertz CT molecular complexity index is 2150. The minimum Gasteiger partial charge on any atom is -0.489 e. The Balaban J connectivity index is 1.05. The molecule has 3 aromatic rings. The fourth-order valence-corrected chi connectivity index (χ4v) is 11.0. The van der Waals surface area contributed by atoms with Gasteiger partial charge in [0.1, 0.15) is 11.9 Å². The molecule has 3 aromatic carbocycles. The van der Waals surface area contributed by atoms with Crippen LogP contribution in [-0.4, -0.2) is 6.10 Å². The fraction of sp³-hybridized carbons (Fsp3) is 0.319. The van der Waals surface area contributed by atoms with Crippen molar-refractivity contribution in [1.29, 1.82) is 0 Å². The van der Waals surface area contributed by atoms with E-state index in [0.717, 1.165) is 31.4 Å². The molecule has 0 bridgehead atoms. The summed E-state index contributed by atoms with van der Waals surface area (Å²) in [5, 5.41) is 0. The molecule has 0 N–H and O–H groups in total. The molecule has 11 rings (SSSR count). The molecule has 0 aromatic heterocycles. The van der Waals surface area contributed by atoms with Crippen LogP contribution in [0.5, 0.6) is 5.75 Å². The molecule has 0 saturated heterocycles. The van der Waals surface area contributed by atoms with Crippen LogP contribution in [0.25, 0.3) is 29.4 Å². The summed E-state index contributed by atoms with van der Waals surface area (Å²) in [6, 6.07) is 14.6. The summed E-state index contributed by atoms with van der Waals surface area (Å²) in [7, 11) is 0. The third kappa shape index (κ3) is 3.91. The SMILES string of the molecule is C1=CC2=C(CC1)CCc1c2ccc2c1C=CC[C@H]2C1c2c(ccc3c2C=CC3)OC1[C@H]1CC=Cc2c1ccc1c2CCC2=C1C=CCC2. The molecule has 0 saturated carbocycles. The summed E-state index contributed by atoms with van der Waals surface area (Å²) in [6.45, 7) is 0. The van der Waals surface area contributed by atoms with Gasteiger partial charge in [0.15, 0.2) is 0 Å². The Morgan fingerprint density at radius 3 is 1.83 bits per heavy atom. The summed E-state index contributed by atoms with van der Waals surface area (Å²) < 4.78 is 7.29. The van der Waals surface area contributed by atoms with Crippen molar-refractivity contribution in [3.8, 4) is 5.75 Å². The van der Waals surface area contributed by atoms with Gasteiger partial charge in [-0.05, 0) is 149 Å². The van der Waals surface area contributed by atoms with E-state index in [1.54, 1.807) is 27.8 Å². The predicted octanol–water partition coefficient (Wildman–Crippen LogP) is 11.6. The van der Waals surface area contributed by atoms with Gasteiger partial charge < -0.3 is 4.74 Å². The molecule has 4 atom stereocenters. The highest BCUT2D eigenvalue weighted by molar-refractivity contribution is 5.85. The monoisotopic (exact) mass is 622 g/mol. The van der Waals surface area contributed by atoms with E-state index >= 15 is 0 Å². The molecule has 2 unspecified atom stereocenters. The van der Waals surface area contributed by atoms with Crippen molar-refractivity contribution in [3.05, 3.63) is 151 Å². The number of hydrogen-bond acceptors (Lipinski definition) is 1. The van der Waals surface area contributed by atoms with Gasteiger partial charge in [-0.3, -0.25) is 0 Å². The van der Waals surface area contributed by atoms with Gasteiger partial charge >= 0.3 is 0 Å². The minimum absolute atomic E-state index is 0.103. The van der Waals surface area contributed by atoms with E-state index in [4.69, 9.17) is 4.74 Å². The zero-order valence-corrected chi connectivity index (χ0v) is 27.7. The molecule has 0 amide bonds. The number of allylic oxidation sites excluding steroid dienone is 11. The van der Waals surface area contributed by atoms with E-state index < -0.39 is 0 Å². The van der Waals surface area contributed by atoms with Crippen LogP contribution in [0.1, 0.15) is 130 Å². The molecule has 7 aliphatic carbocycles. The van der Waals surface area contributed by atoms with Gasteiger partial charge in [0.05, 0.1) is 0 Å². The third-order valence-corrected chi connectivity index (χ3v) is 13.2.